The largest absolute Gasteiger partial charge is 0.393 e. The number of nitrogens with zero attached hydrogens (tertiary/aromatic N) is 2. The molecule has 0 bridgehead atoms. The van der Waals surface area contributed by atoms with Crippen molar-refractivity contribution in [1.82, 2.24) is 9.47 Å². The van der Waals surface area contributed by atoms with Gasteiger partial charge in [-0.2, -0.15) is 0 Å². The monoisotopic (exact) mass is 284 g/mol. The Labute approximate surface area is 124 Å². The summed E-state index contributed by atoms with van der Waals surface area (Å²) in [6, 6.07) is 11.6. The van der Waals surface area contributed by atoms with Crippen LogP contribution in [0.5, 0.6) is 0 Å². The normalized spacial score (nSPS) is 20.9. The van der Waals surface area contributed by atoms with Gasteiger partial charge in [0.15, 0.2) is 0 Å². The fraction of sp³-hybridized carbons (Fsp3) is 0.353. The van der Waals surface area contributed by atoms with Crippen molar-refractivity contribution in [3.05, 3.63) is 54.4 Å². The minimum atomic E-state index is -0.167. The van der Waals surface area contributed by atoms with Gasteiger partial charge in [0.1, 0.15) is 0 Å². The van der Waals surface area contributed by atoms with Gasteiger partial charge in [-0.25, -0.2) is 0 Å². The molecule has 2 aromatic rings. The molecular weight excluding hydrogens is 264 g/mol. The third-order valence-corrected chi connectivity index (χ3v) is 4.11. The van der Waals surface area contributed by atoms with Crippen LogP contribution in [0.3, 0.4) is 0 Å². The highest BCUT2D eigenvalue weighted by molar-refractivity contribution is 5.94. The minimum Gasteiger partial charge on any atom is -0.393 e. The van der Waals surface area contributed by atoms with Crippen LogP contribution in [0.2, 0.25) is 0 Å². The molecule has 1 aromatic carbocycles. The molecular formula is C17H20N2O2. The summed E-state index contributed by atoms with van der Waals surface area (Å²) < 4.78 is 2.01. The number of hydrogen-bond donors (Lipinski definition) is 1. The fourth-order valence-electron chi connectivity index (χ4n) is 2.82. The van der Waals surface area contributed by atoms with Crippen LogP contribution in [0.4, 0.5) is 0 Å². The van der Waals surface area contributed by atoms with Crippen LogP contribution in [0.15, 0.2) is 48.8 Å². The zero-order valence-electron chi connectivity index (χ0n) is 12.1. The summed E-state index contributed by atoms with van der Waals surface area (Å²) in [7, 11) is 1.83. The van der Waals surface area contributed by atoms with Gasteiger partial charge in [0.25, 0.3) is 5.91 Å². The molecule has 0 unspecified atom stereocenters. The molecule has 1 aliphatic carbocycles. The standard InChI is InChI=1S/C17H20N2O2/c1-18(12-13-10-16(20)11-13)17(21)14-4-6-15(7-5-14)19-8-2-3-9-19/h2-9,13,16,20H,10-12H2,1H3. The van der Waals surface area contributed by atoms with Crippen LogP contribution in [-0.2, 0) is 0 Å². The lowest BCUT2D eigenvalue weighted by Crippen LogP contribution is -2.39. The summed E-state index contributed by atoms with van der Waals surface area (Å²) in [6.07, 6.45) is 5.41. The molecule has 4 nitrogen and oxygen atoms in total. The highest BCUT2D eigenvalue weighted by Crippen LogP contribution is 2.27. The highest BCUT2D eigenvalue weighted by Gasteiger charge is 2.29. The Morgan fingerprint density at radius 2 is 1.86 bits per heavy atom. The molecule has 0 atom stereocenters. The lowest BCUT2D eigenvalue weighted by Gasteiger charge is -2.34. The van der Waals surface area contributed by atoms with Gasteiger partial charge in [-0.3, -0.25) is 4.79 Å². The maximum atomic E-state index is 12.4. The van der Waals surface area contributed by atoms with Crippen molar-refractivity contribution < 1.29 is 9.90 Å². The number of rotatable bonds is 4. The Hall–Kier alpha value is -2.07. The van der Waals surface area contributed by atoms with E-state index in [0.29, 0.717) is 11.5 Å². The zero-order valence-corrected chi connectivity index (χ0v) is 12.1. The SMILES string of the molecule is CN(CC1CC(O)C1)C(=O)c1ccc(-n2cccc2)cc1. The summed E-state index contributed by atoms with van der Waals surface area (Å²) >= 11 is 0. The molecule has 21 heavy (non-hydrogen) atoms. The van der Waals surface area contributed by atoms with E-state index in [1.54, 1.807) is 4.90 Å². The number of carbonyl (C=O) groups excluding carboxylic acids is 1. The first kappa shape index (κ1) is 13.9. The second kappa shape index (κ2) is 5.74. The van der Waals surface area contributed by atoms with Gasteiger partial charge in [-0.1, -0.05) is 0 Å². The van der Waals surface area contributed by atoms with E-state index < -0.39 is 0 Å². The average Bonchev–Trinajstić information content (AvgIpc) is 2.99. The van der Waals surface area contributed by atoms with Gasteiger partial charge in [-0.15, -0.1) is 0 Å². The van der Waals surface area contributed by atoms with Crippen molar-refractivity contribution in [2.45, 2.75) is 18.9 Å². The molecule has 0 radical (unpaired) electrons. The maximum Gasteiger partial charge on any atom is 0.253 e. The molecule has 110 valence electrons. The third kappa shape index (κ3) is 3.00. The molecule has 1 amide bonds. The van der Waals surface area contributed by atoms with E-state index in [4.69, 9.17) is 0 Å². The first-order valence-electron chi connectivity index (χ1n) is 7.30. The van der Waals surface area contributed by atoms with Gasteiger partial charge in [-0.05, 0) is 55.2 Å². The molecule has 3 rings (SSSR count). The van der Waals surface area contributed by atoms with E-state index in [-0.39, 0.29) is 12.0 Å². The van der Waals surface area contributed by atoms with E-state index in [2.05, 4.69) is 0 Å². The number of benzene rings is 1. The predicted octanol–water partition coefficient (Wildman–Crippen LogP) is 2.32. The number of aliphatic hydroxyl groups is 1. The summed E-state index contributed by atoms with van der Waals surface area (Å²) in [6.45, 7) is 0.718. The molecule has 1 N–H and O–H groups in total. The summed E-state index contributed by atoms with van der Waals surface area (Å²) in [5.41, 5.74) is 1.74. The number of hydrogen-bond acceptors (Lipinski definition) is 2. The van der Waals surface area contributed by atoms with Crippen molar-refractivity contribution in [3.8, 4) is 5.69 Å². The quantitative estimate of drug-likeness (QED) is 0.936. The van der Waals surface area contributed by atoms with Crippen molar-refractivity contribution >= 4 is 5.91 Å². The third-order valence-electron chi connectivity index (χ3n) is 4.11. The number of aromatic nitrogens is 1. The van der Waals surface area contributed by atoms with E-state index in [1.807, 2.05) is 60.4 Å². The zero-order chi connectivity index (χ0) is 14.8. The van der Waals surface area contributed by atoms with Crippen LogP contribution in [0, 0.1) is 5.92 Å². The molecule has 1 heterocycles. The van der Waals surface area contributed by atoms with Crippen LogP contribution in [-0.4, -0.2) is 40.2 Å². The van der Waals surface area contributed by atoms with Gasteiger partial charge < -0.3 is 14.6 Å². The minimum absolute atomic E-state index is 0.0374. The predicted molar refractivity (Wildman–Crippen MR) is 81.5 cm³/mol. The molecule has 1 fully saturated rings. The Balaban J connectivity index is 1.64. The van der Waals surface area contributed by atoms with Crippen molar-refractivity contribution in [3.63, 3.8) is 0 Å². The van der Waals surface area contributed by atoms with Gasteiger partial charge in [0.05, 0.1) is 6.10 Å². The van der Waals surface area contributed by atoms with E-state index >= 15 is 0 Å². The summed E-state index contributed by atoms with van der Waals surface area (Å²) in [4.78, 5) is 14.1. The van der Waals surface area contributed by atoms with Crippen LogP contribution < -0.4 is 0 Å². The average molecular weight is 284 g/mol. The van der Waals surface area contributed by atoms with Gasteiger partial charge in [0.2, 0.25) is 0 Å². The fourth-order valence-corrected chi connectivity index (χ4v) is 2.82. The topological polar surface area (TPSA) is 45.5 Å². The van der Waals surface area contributed by atoms with Crippen molar-refractivity contribution in [2.24, 2.45) is 5.92 Å². The van der Waals surface area contributed by atoms with Crippen LogP contribution >= 0.6 is 0 Å². The highest BCUT2D eigenvalue weighted by atomic mass is 16.3. The summed E-state index contributed by atoms with van der Waals surface area (Å²) in [5, 5.41) is 9.30. The molecule has 1 aliphatic rings. The molecule has 0 spiro atoms. The maximum absolute atomic E-state index is 12.4. The number of carbonyl (C=O) groups is 1. The van der Waals surface area contributed by atoms with Gasteiger partial charge >= 0.3 is 0 Å². The molecule has 0 saturated heterocycles. The smallest absolute Gasteiger partial charge is 0.253 e. The Kier molecular flexibility index (Phi) is 3.80. The first-order chi connectivity index (χ1) is 10.1. The molecule has 1 aromatic heterocycles. The van der Waals surface area contributed by atoms with Gasteiger partial charge in [0, 0.05) is 37.2 Å². The van der Waals surface area contributed by atoms with E-state index in [9.17, 15) is 9.90 Å². The second-order valence-corrected chi connectivity index (χ2v) is 5.81. The molecule has 4 heteroatoms. The number of aliphatic hydroxyl groups excluding tert-OH is 1. The van der Waals surface area contributed by atoms with Crippen molar-refractivity contribution in [1.29, 1.82) is 0 Å². The van der Waals surface area contributed by atoms with Crippen LogP contribution in [0.1, 0.15) is 23.2 Å². The van der Waals surface area contributed by atoms with E-state index in [0.717, 1.165) is 25.1 Å². The van der Waals surface area contributed by atoms with Crippen LogP contribution in [0.25, 0.3) is 5.69 Å². The first-order valence-corrected chi connectivity index (χ1v) is 7.30. The molecule has 1 saturated carbocycles. The van der Waals surface area contributed by atoms with E-state index in [1.165, 1.54) is 0 Å². The number of amides is 1. The van der Waals surface area contributed by atoms with Crippen molar-refractivity contribution in [2.75, 3.05) is 13.6 Å². The lowest BCUT2D eigenvalue weighted by atomic mass is 9.82. The Morgan fingerprint density at radius 1 is 1.24 bits per heavy atom. The lowest BCUT2D eigenvalue weighted by molar-refractivity contribution is 0.0265. The second-order valence-electron chi connectivity index (χ2n) is 5.81. The Bertz CT molecular complexity index is 598. The Morgan fingerprint density at radius 3 is 2.43 bits per heavy atom. The molecule has 0 aliphatic heterocycles. The summed E-state index contributed by atoms with van der Waals surface area (Å²) in [5.74, 6) is 0.476.